The summed E-state index contributed by atoms with van der Waals surface area (Å²) in [5.41, 5.74) is 9.93. The van der Waals surface area contributed by atoms with Crippen LogP contribution in [0.4, 0.5) is 5.69 Å². The maximum Gasteiger partial charge on any atom is 0.0366 e. The Morgan fingerprint density at radius 2 is 2.12 bits per heavy atom. The zero-order valence-electron chi connectivity index (χ0n) is 11.2. The highest BCUT2D eigenvalue weighted by atomic mass is 15.1. The second-order valence-electron chi connectivity index (χ2n) is 5.62. The molecule has 1 unspecified atom stereocenters. The average Bonchev–Trinajstić information content (AvgIpc) is 3.04. The van der Waals surface area contributed by atoms with E-state index in [1.807, 2.05) is 0 Å². The molecule has 0 heterocycles. The van der Waals surface area contributed by atoms with Crippen LogP contribution in [0.5, 0.6) is 0 Å². The lowest BCUT2D eigenvalue weighted by Gasteiger charge is -2.20. The molecule has 94 valence electrons. The van der Waals surface area contributed by atoms with Crippen molar-refractivity contribution in [1.29, 1.82) is 0 Å². The van der Waals surface area contributed by atoms with Gasteiger partial charge in [0, 0.05) is 25.3 Å². The average molecular weight is 232 g/mol. The van der Waals surface area contributed by atoms with Gasteiger partial charge in [0.1, 0.15) is 0 Å². The van der Waals surface area contributed by atoms with Crippen LogP contribution in [0.3, 0.4) is 0 Å². The van der Waals surface area contributed by atoms with Crippen molar-refractivity contribution in [3.8, 4) is 0 Å². The number of aryl methyl sites for hydroxylation is 1. The van der Waals surface area contributed by atoms with E-state index in [1.165, 1.54) is 36.2 Å². The van der Waals surface area contributed by atoms with Crippen LogP contribution in [-0.4, -0.2) is 19.6 Å². The lowest BCUT2D eigenvalue weighted by Crippen LogP contribution is -2.21. The quantitative estimate of drug-likeness (QED) is 0.846. The summed E-state index contributed by atoms with van der Waals surface area (Å²) in [6, 6.07) is 6.99. The topological polar surface area (TPSA) is 29.3 Å². The normalized spacial score (nSPS) is 16.9. The maximum atomic E-state index is 5.85. The number of hydrogen-bond acceptors (Lipinski definition) is 2. The second-order valence-corrected chi connectivity index (χ2v) is 5.62. The first-order valence-electron chi connectivity index (χ1n) is 6.62. The van der Waals surface area contributed by atoms with Crippen LogP contribution >= 0.6 is 0 Å². The molecule has 0 spiro atoms. The minimum absolute atomic E-state index is 0.240. The van der Waals surface area contributed by atoms with Gasteiger partial charge in [-0.25, -0.2) is 0 Å². The Morgan fingerprint density at radius 3 is 2.65 bits per heavy atom. The van der Waals surface area contributed by atoms with E-state index >= 15 is 0 Å². The summed E-state index contributed by atoms with van der Waals surface area (Å²) < 4.78 is 0. The van der Waals surface area contributed by atoms with Crippen molar-refractivity contribution in [2.75, 3.05) is 18.5 Å². The van der Waals surface area contributed by atoms with Crippen molar-refractivity contribution >= 4 is 5.69 Å². The molecule has 2 nitrogen and oxygen atoms in total. The van der Waals surface area contributed by atoms with Gasteiger partial charge in [-0.1, -0.05) is 6.07 Å². The van der Waals surface area contributed by atoms with Crippen LogP contribution in [0.1, 0.15) is 30.9 Å². The van der Waals surface area contributed by atoms with Gasteiger partial charge in [0.2, 0.25) is 0 Å². The van der Waals surface area contributed by atoms with E-state index in [9.17, 15) is 0 Å². The number of rotatable bonds is 5. The third kappa shape index (κ3) is 3.47. The summed E-state index contributed by atoms with van der Waals surface area (Å²) in [5.74, 6) is 0.934. The van der Waals surface area contributed by atoms with E-state index in [2.05, 4.69) is 44.0 Å². The monoisotopic (exact) mass is 232 g/mol. The number of benzene rings is 1. The molecule has 2 N–H and O–H groups in total. The molecule has 2 heteroatoms. The molecule has 1 fully saturated rings. The highest BCUT2D eigenvalue weighted by Crippen LogP contribution is 2.31. The van der Waals surface area contributed by atoms with Gasteiger partial charge in [-0.05, 0) is 62.3 Å². The van der Waals surface area contributed by atoms with E-state index in [0.29, 0.717) is 0 Å². The van der Waals surface area contributed by atoms with E-state index in [0.717, 1.165) is 12.3 Å². The van der Waals surface area contributed by atoms with Crippen LogP contribution in [0, 0.1) is 12.8 Å². The summed E-state index contributed by atoms with van der Waals surface area (Å²) in [4.78, 5) is 2.38. The molecule has 0 bridgehead atoms. The molecular weight excluding hydrogens is 208 g/mol. The first-order valence-corrected chi connectivity index (χ1v) is 6.62. The van der Waals surface area contributed by atoms with Gasteiger partial charge in [-0.3, -0.25) is 0 Å². The standard InChI is InChI=1S/C15H24N2/c1-11-8-15(17(3)10-13-4-5-13)7-6-14(11)9-12(2)16/h6-8,12-13H,4-5,9-10,16H2,1-3H3. The third-order valence-electron chi connectivity index (χ3n) is 3.54. The van der Waals surface area contributed by atoms with Gasteiger partial charge in [0.25, 0.3) is 0 Å². The van der Waals surface area contributed by atoms with Crippen molar-refractivity contribution in [2.45, 2.75) is 39.2 Å². The highest BCUT2D eigenvalue weighted by molar-refractivity contribution is 5.50. The molecule has 0 aromatic heterocycles. The Hall–Kier alpha value is -1.02. The van der Waals surface area contributed by atoms with Crippen LogP contribution in [0.15, 0.2) is 18.2 Å². The first-order chi connectivity index (χ1) is 8.06. The molecule has 0 aliphatic heterocycles. The van der Waals surface area contributed by atoms with E-state index in [4.69, 9.17) is 5.73 Å². The number of nitrogens with two attached hydrogens (primary N) is 1. The summed E-state index contributed by atoms with van der Waals surface area (Å²) in [5, 5.41) is 0. The molecule has 17 heavy (non-hydrogen) atoms. The van der Waals surface area contributed by atoms with Crippen molar-refractivity contribution in [3.63, 3.8) is 0 Å². The molecule has 2 rings (SSSR count). The SMILES string of the molecule is Cc1cc(N(C)CC2CC2)ccc1CC(C)N. The van der Waals surface area contributed by atoms with Crippen LogP contribution in [0.25, 0.3) is 0 Å². The van der Waals surface area contributed by atoms with E-state index < -0.39 is 0 Å². The Balaban J connectivity index is 2.06. The lowest BCUT2D eigenvalue weighted by atomic mass is 10.0. The van der Waals surface area contributed by atoms with Crippen molar-refractivity contribution < 1.29 is 0 Å². The van der Waals surface area contributed by atoms with Gasteiger partial charge >= 0.3 is 0 Å². The molecule has 0 saturated heterocycles. The molecule has 1 aromatic carbocycles. The van der Waals surface area contributed by atoms with Gasteiger partial charge in [0.05, 0.1) is 0 Å². The van der Waals surface area contributed by atoms with Crippen LogP contribution < -0.4 is 10.6 Å². The summed E-state index contributed by atoms with van der Waals surface area (Å²) >= 11 is 0. The predicted molar refractivity (Wildman–Crippen MR) is 74.5 cm³/mol. The fraction of sp³-hybridized carbons (Fsp3) is 0.600. The molecule has 1 aromatic rings. The molecule has 1 saturated carbocycles. The molecular formula is C15H24N2. The number of hydrogen-bond donors (Lipinski definition) is 1. The van der Waals surface area contributed by atoms with E-state index in [-0.39, 0.29) is 6.04 Å². The fourth-order valence-electron chi connectivity index (χ4n) is 2.29. The van der Waals surface area contributed by atoms with Gasteiger partial charge in [-0.2, -0.15) is 0 Å². The zero-order chi connectivity index (χ0) is 12.4. The number of anilines is 1. The van der Waals surface area contributed by atoms with Crippen molar-refractivity contribution in [2.24, 2.45) is 11.7 Å². The summed E-state index contributed by atoms with van der Waals surface area (Å²) in [6.07, 6.45) is 3.79. The molecule has 1 atom stereocenters. The summed E-state index contributed by atoms with van der Waals surface area (Å²) in [6.45, 7) is 5.45. The molecule has 0 radical (unpaired) electrons. The molecule has 1 aliphatic carbocycles. The van der Waals surface area contributed by atoms with Crippen LogP contribution in [-0.2, 0) is 6.42 Å². The van der Waals surface area contributed by atoms with Gasteiger partial charge < -0.3 is 10.6 Å². The highest BCUT2D eigenvalue weighted by Gasteiger charge is 2.23. The Kier molecular flexibility index (Phi) is 3.72. The Bertz CT molecular complexity index is 381. The molecule has 1 aliphatic rings. The van der Waals surface area contributed by atoms with Crippen LogP contribution in [0.2, 0.25) is 0 Å². The minimum atomic E-state index is 0.240. The smallest absolute Gasteiger partial charge is 0.0366 e. The van der Waals surface area contributed by atoms with Gasteiger partial charge in [0.15, 0.2) is 0 Å². The maximum absolute atomic E-state index is 5.85. The zero-order valence-corrected chi connectivity index (χ0v) is 11.2. The fourth-order valence-corrected chi connectivity index (χ4v) is 2.29. The first kappa shape index (κ1) is 12.4. The lowest BCUT2D eigenvalue weighted by molar-refractivity contribution is 0.734. The van der Waals surface area contributed by atoms with E-state index in [1.54, 1.807) is 0 Å². The van der Waals surface area contributed by atoms with Crippen molar-refractivity contribution in [1.82, 2.24) is 0 Å². The summed E-state index contributed by atoms with van der Waals surface area (Å²) in [7, 11) is 2.19. The third-order valence-corrected chi connectivity index (χ3v) is 3.54. The number of nitrogens with zero attached hydrogens (tertiary/aromatic N) is 1. The predicted octanol–water partition coefficient (Wildman–Crippen LogP) is 2.73. The second kappa shape index (κ2) is 5.09. The Morgan fingerprint density at radius 1 is 1.41 bits per heavy atom. The Labute approximate surface area is 105 Å². The van der Waals surface area contributed by atoms with Gasteiger partial charge in [-0.15, -0.1) is 0 Å². The minimum Gasteiger partial charge on any atom is -0.374 e. The van der Waals surface area contributed by atoms with Crippen molar-refractivity contribution in [3.05, 3.63) is 29.3 Å². The largest absolute Gasteiger partial charge is 0.374 e. The molecule has 0 amide bonds.